The number of piperazine rings is 1. The summed E-state index contributed by atoms with van der Waals surface area (Å²) in [6.07, 6.45) is 1.57. The van der Waals surface area contributed by atoms with E-state index in [2.05, 4.69) is 10.1 Å². The number of amides is 2. The summed E-state index contributed by atoms with van der Waals surface area (Å²) in [7, 11) is 0. The van der Waals surface area contributed by atoms with Crippen LogP contribution < -0.4 is 0 Å². The van der Waals surface area contributed by atoms with Crippen molar-refractivity contribution in [1.29, 1.82) is 5.26 Å². The first-order valence-electron chi connectivity index (χ1n) is 11.1. The van der Waals surface area contributed by atoms with Crippen LogP contribution in [0.2, 0.25) is 0 Å². The lowest BCUT2D eigenvalue weighted by molar-refractivity contribution is -0.145. The fourth-order valence-electron chi connectivity index (χ4n) is 4.23. The molecule has 8 nitrogen and oxygen atoms in total. The molecule has 9 heteroatoms. The summed E-state index contributed by atoms with van der Waals surface area (Å²) in [4.78, 5) is 34.0. The topological polar surface area (TPSA) is 94.6 Å². The Kier molecular flexibility index (Phi) is 5.64. The summed E-state index contributed by atoms with van der Waals surface area (Å²) in [6.45, 7) is 10.1. The van der Waals surface area contributed by atoms with E-state index >= 15 is 0 Å². The first kappa shape index (κ1) is 23.4. The number of hydrogen-bond donors (Lipinski definition) is 0. The number of rotatable bonds is 3. The minimum Gasteiger partial charge on any atom is -0.326 e. The third-order valence-electron chi connectivity index (χ3n) is 6.18. The van der Waals surface area contributed by atoms with Crippen LogP contribution in [0.3, 0.4) is 0 Å². The number of carbonyl (C=O) groups excluding carboxylic acids is 2. The number of imidazole rings is 1. The third-order valence-corrected chi connectivity index (χ3v) is 6.18. The summed E-state index contributed by atoms with van der Waals surface area (Å²) in [5, 5.41) is 13.6. The van der Waals surface area contributed by atoms with Gasteiger partial charge in [0.2, 0.25) is 5.91 Å². The highest BCUT2D eigenvalue weighted by atomic mass is 19.1. The van der Waals surface area contributed by atoms with Gasteiger partial charge in [-0.2, -0.15) is 10.4 Å². The van der Waals surface area contributed by atoms with Crippen molar-refractivity contribution in [3.63, 3.8) is 0 Å². The minimum atomic E-state index is -1.11. The highest BCUT2D eigenvalue weighted by Crippen LogP contribution is 2.31. The second kappa shape index (κ2) is 8.20. The lowest BCUT2D eigenvalue weighted by Gasteiger charge is -2.44. The molecule has 0 atom stereocenters. The zero-order valence-corrected chi connectivity index (χ0v) is 20.0. The Morgan fingerprint density at radius 2 is 1.88 bits per heavy atom. The normalized spacial score (nSPS) is 16.1. The van der Waals surface area contributed by atoms with E-state index in [4.69, 9.17) is 5.26 Å². The van der Waals surface area contributed by atoms with Crippen LogP contribution in [0.4, 0.5) is 4.39 Å². The number of hydrogen-bond acceptors (Lipinski definition) is 5. The Morgan fingerprint density at radius 3 is 2.50 bits per heavy atom. The van der Waals surface area contributed by atoms with Gasteiger partial charge in [-0.3, -0.25) is 9.59 Å². The maximum absolute atomic E-state index is 13.5. The summed E-state index contributed by atoms with van der Waals surface area (Å²) in [5.41, 5.74) is 1.59. The Hall–Kier alpha value is -3.80. The van der Waals surface area contributed by atoms with E-state index in [0.29, 0.717) is 17.9 Å². The summed E-state index contributed by atoms with van der Waals surface area (Å²) >= 11 is 0. The van der Waals surface area contributed by atoms with E-state index < -0.39 is 5.54 Å². The first-order valence-corrected chi connectivity index (χ1v) is 11.1. The maximum Gasteiger partial charge on any atom is 0.275 e. The summed E-state index contributed by atoms with van der Waals surface area (Å²) in [5.74, 6) is -0.975. The smallest absolute Gasteiger partial charge is 0.275 e. The molecule has 34 heavy (non-hydrogen) atoms. The molecule has 0 N–H and O–H groups in total. The highest BCUT2D eigenvalue weighted by molar-refractivity contribution is 5.99. The van der Waals surface area contributed by atoms with Gasteiger partial charge in [0.15, 0.2) is 5.65 Å². The standard InChI is InChI=1S/C25H27FN6O2/c1-24(2,3)18-14-19(16-6-8-17(26)9-7-16)29-32-15-20(28-21(18)32)22(33)31-13-12-30(11-10-27)23(34)25(31,4)5/h6-9,14-15H,11-13H2,1-5H3. The molecule has 0 radical (unpaired) electrons. The van der Waals surface area contributed by atoms with Gasteiger partial charge in [-0.15, -0.1) is 0 Å². The number of aromatic nitrogens is 3. The van der Waals surface area contributed by atoms with Crippen molar-refractivity contribution in [3.8, 4) is 17.3 Å². The van der Waals surface area contributed by atoms with E-state index in [0.717, 1.165) is 11.1 Å². The average molecular weight is 463 g/mol. The zero-order valence-electron chi connectivity index (χ0n) is 20.0. The molecule has 1 aliphatic rings. The molecule has 2 amide bonds. The molecule has 0 unspecified atom stereocenters. The SMILES string of the molecule is CC(C)(C)c1cc(-c2ccc(F)cc2)nn2cc(C(=O)N3CCN(CC#N)C(=O)C3(C)C)nc12. The van der Waals surface area contributed by atoms with Crippen molar-refractivity contribution in [2.24, 2.45) is 0 Å². The fourth-order valence-corrected chi connectivity index (χ4v) is 4.23. The van der Waals surface area contributed by atoms with Crippen LogP contribution in [-0.2, 0) is 10.2 Å². The van der Waals surface area contributed by atoms with Crippen LogP contribution in [0, 0.1) is 17.1 Å². The molecule has 0 saturated carbocycles. The zero-order chi connectivity index (χ0) is 24.8. The molecule has 0 aliphatic carbocycles. The van der Waals surface area contributed by atoms with Crippen molar-refractivity contribution in [3.05, 3.63) is 53.6 Å². The van der Waals surface area contributed by atoms with Gasteiger partial charge in [0.05, 0.1) is 18.0 Å². The van der Waals surface area contributed by atoms with Crippen LogP contribution in [0.5, 0.6) is 0 Å². The number of carbonyl (C=O) groups is 2. The third kappa shape index (κ3) is 4.00. The molecule has 1 fully saturated rings. The molecule has 4 rings (SSSR count). The Balaban J connectivity index is 1.77. The van der Waals surface area contributed by atoms with Crippen LogP contribution in [-0.4, -0.2) is 61.4 Å². The van der Waals surface area contributed by atoms with Crippen molar-refractivity contribution >= 4 is 17.5 Å². The van der Waals surface area contributed by atoms with Gasteiger partial charge in [-0.25, -0.2) is 13.9 Å². The van der Waals surface area contributed by atoms with Crippen LogP contribution in [0.1, 0.15) is 50.7 Å². The van der Waals surface area contributed by atoms with Gasteiger partial charge >= 0.3 is 0 Å². The Labute approximate surface area is 197 Å². The highest BCUT2D eigenvalue weighted by Gasteiger charge is 2.45. The van der Waals surface area contributed by atoms with Gasteiger partial charge < -0.3 is 9.80 Å². The summed E-state index contributed by atoms with van der Waals surface area (Å²) in [6, 6.07) is 10.00. The molecule has 0 bridgehead atoms. The number of benzene rings is 1. The molecule has 1 aromatic carbocycles. The molecule has 0 spiro atoms. The number of nitriles is 1. The molecule has 1 aliphatic heterocycles. The van der Waals surface area contributed by atoms with Gasteiger partial charge in [0.1, 0.15) is 23.6 Å². The minimum absolute atomic E-state index is 0.0102. The number of halogens is 1. The molecule has 1 saturated heterocycles. The number of nitrogens with zero attached hydrogens (tertiary/aromatic N) is 6. The Morgan fingerprint density at radius 1 is 1.21 bits per heavy atom. The predicted octanol–water partition coefficient (Wildman–Crippen LogP) is 3.42. The van der Waals surface area contributed by atoms with Gasteiger partial charge in [-0.05, 0) is 49.6 Å². The number of fused-ring (bicyclic) bond motifs is 1. The van der Waals surface area contributed by atoms with E-state index in [1.54, 1.807) is 36.7 Å². The molecule has 3 aromatic rings. The lowest BCUT2D eigenvalue weighted by Crippen LogP contribution is -2.64. The van der Waals surface area contributed by atoms with Crippen LogP contribution >= 0.6 is 0 Å². The first-order chi connectivity index (χ1) is 15.9. The second-order valence-electron chi connectivity index (χ2n) is 10.00. The largest absolute Gasteiger partial charge is 0.326 e. The lowest BCUT2D eigenvalue weighted by atomic mass is 9.87. The van der Waals surface area contributed by atoms with E-state index in [-0.39, 0.29) is 41.8 Å². The summed E-state index contributed by atoms with van der Waals surface area (Å²) < 4.78 is 15.0. The molecular weight excluding hydrogens is 435 g/mol. The van der Waals surface area contributed by atoms with Crippen molar-refractivity contribution in [1.82, 2.24) is 24.4 Å². The monoisotopic (exact) mass is 462 g/mol. The van der Waals surface area contributed by atoms with E-state index in [1.165, 1.54) is 21.9 Å². The van der Waals surface area contributed by atoms with Gasteiger partial charge in [-0.1, -0.05) is 20.8 Å². The molecule has 2 aromatic heterocycles. The second-order valence-corrected chi connectivity index (χ2v) is 10.00. The quantitative estimate of drug-likeness (QED) is 0.556. The van der Waals surface area contributed by atoms with Crippen LogP contribution in [0.15, 0.2) is 36.5 Å². The molecule has 176 valence electrons. The van der Waals surface area contributed by atoms with Gasteiger partial charge in [0.25, 0.3) is 5.91 Å². The van der Waals surface area contributed by atoms with Crippen molar-refractivity contribution < 1.29 is 14.0 Å². The van der Waals surface area contributed by atoms with Crippen molar-refractivity contribution in [2.75, 3.05) is 19.6 Å². The van der Waals surface area contributed by atoms with Crippen LogP contribution in [0.25, 0.3) is 16.9 Å². The molecular formula is C25H27FN6O2. The Bertz CT molecular complexity index is 1310. The maximum atomic E-state index is 13.5. The predicted molar refractivity (Wildman–Crippen MR) is 124 cm³/mol. The van der Waals surface area contributed by atoms with E-state index in [1.807, 2.05) is 32.9 Å². The fraction of sp³-hybridized carbons (Fsp3) is 0.400. The van der Waals surface area contributed by atoms with Gasteiger partial charge in [0, 0.05) is 24.2 Å². The van der Waals surface area contributed by atoms with E-state index in [9.17, 15) is 14.0 Å². The average Bonchev–Trinajstić information content (AvgIpc) is 3.20. The van der Waals surface area contributed by atoms with Crippen molar-refractivity contribution in [2.45, 2.75) is 45.6 Å². The molecule has 3 heterocycles.